The Hall–Kier alpha value is -3.34. The first-order chi connectivity index (χ1) is 12.0. The van der Waals surface area contributed by atoms with Crippen LogP contribution in [0.4, 0.5) is 22.7 Å². The second-order valence-electron chi connectivity index (χ2n) is 5.88. The van der Waals surface area contributed by atoms with Gasteiger partial charge in [0.25, 0.3) is 0 Å². The number of aromatic hydroxyl groups is 2. The molecule has 5 heteroatoms. The number of nitrogens with one attached hydrogen (secondary N) is 1. The molecule has 3 aromatic rings. The second kappa shape index (κ2) is 7.05. The van der Waals surface area contributed by atoms with Gasteiger partial charge in [0, 0.05) is 17.8 Å². The van der Waals surface area contributed by atoms with Gasteiger partial charge >= 0.3 is 0 Å². The summed E-state index contributed by atoms with van der Waals surface area (Å²) in [6.07, 6.45) is 0. The molecule has 3 N–H and O–H groups in total. The molecule has 0 fully saturated rings. The molecule has 0 heterocycles. The smallest absolute Gasteiger partial charge is 0.145 e. The number of hydrogen-bond acceptors (Lipinski definition) is 5. The highest BCUT2D eigenvalue weighted by molar-refractivity contribution is 5.72. The monoisotopic (exact) mass is 333 g/mol. The van der Waals surface area contributed by atoms with Gasteiger partial charge in [-0.05, 0) is 38.1 Å². The molecule has 25 heavy (non-hydrogen) atoms. The maximum absolute atomic E-state index is 10.2. The van der Waals surface area contributed by atoms with Crippen molar-refractivity contribution in [1.29, 1.82) is 0 Å². The van der Waals surface area contributed by atoms with Gasteiger partial charge in [-0.1, -0.05) is 35.4 Å². The maximum atomic E-state index is 10.2. The number of anilines is 2. The number of phenols is 2. The van der Waals surface area contributed by atoms with E-state index in [1.165, 1.54) is 12.1 Å². The Labute approximate surface area is 146 Å². The summed E-state index contributed by atoms with van der Waals surface area (Å²) in [5.74, 6) is -0.0838. The van der Waals surface area contributed by atoms with Gasteiger partial charge in [0.2, 0.25) is 0 Å². The summed E-state index contributed by atoms with van der Waals surface area (Å²) < 4.78 is 0. The largest absolute Gasteiger partial charge is 0.506 e. The zero-order chi connectivity index (χ0) is 17.8. The summed E-state index contributed by atoms with van der Waals surface area (Å²) in [6, 6.07) is 18.1. The van der Waals surface area contributed by atoms with Crippen LogP contribution in [-0.2, 0) is 0 Å². The minimum atomic E-state index is -0.0664. The SMILES string of the molecule is Cc1ccc(N=Nc2cc(O)c(Nc3ccc(C)cc3)cc2O)cc1. The molecule has 3 rings (SSSR count). The van der Waals surface area contributed by atoms with E-state index in [-0.39, 0.29) is 17.2 Å². The zero-order valence-corrected chi connectivity index (χ0v) is 14.1. The van der Waals surface area contributed by atoms with Crippen molar-refractivity contribution in [3.05, 3.63) is 71.8 Å². The molecule has 126 valence electrons. The maximum Gasteiger partial charge on any atom is 0.145 e. The fraction of sp³-hybridized carbons (Fsp3) is 0.100. The van der Waals surface area contributed by atoms with Crippen LogP contribution in [0, 0.1) is 13.8 Å². The standard InChI is InChI=1S/C20H19N3O2/c1-13-3-7-15(8-4-13)21-17-11-20(25)18(12-19(17)24)23-22-16-9-5-14(2)6-10-16/h3-12,21,24-25H,1-2H3. The summed E-state index contributed by atoms with van der Waals surface area (Å²) in [7, 11) is 0. The van der Waals surface area contributed by atoms with E-state index in [0.29, 0.717) is 11.4 Å². The fourth-order valence-corrected chi connectivity index (χ4v) is 2.26. The van der Waals surface area contributed by atoms with E-state index in [4.69, 9.17) is 0 Å². The van der Waals surface area contributed by atoms with Gasteiger partial charge in [-0.25, -0.2) is 0 Å². The van der Waals surface area contributed by atoms with Crippen LogP contribution in [0.2, 0.25) is 0 Å². The third-order valence-electron chi connectivity index (χ3n) is 3.73. The lowest BCUT2D eigenvalue weighted by molar-refractivity contribution is 0.463. The van der Waals surface area contributed by atoms with Crippen LogP contribution in [0.3, 0.4) is 0 Å². The third kappa shape index (κ3) is 4.14. The Bertz CT molecular complexity index is 901. The highest BCUT2D eigenvalue weighted by Gasteiger charge is 2.09. The molecular formula is C20H19N3O2. The van der Waals surface area contributed by atoms with Gasteiger partial charge in [-0.2, -0.15) is 5.11 Å². The van der Waals surface area contributed by atoms with Gasteiger partial charge < -0.3 is 15.5 Å². The number of benzene rings is 3. The summed E-state index contributed by atoms with van der Waals surface area (Å²) in [5, 5.41) is 31.5. The number of aryl methyl sites for hydroxylation is 2. The molecular weight excluding hydrogens is 314 g/mol. The molecule has 0 bridgehead atoms. The highest BCUT2D eigenvalue weighted by atomic mass is 16.3. The first kappa shape index (κ1) is 16.5. The first-order valence-corrected chi connectivity index (χ1v) is 7.89. The number of nitrogens with zero attached hydrogens (tertiary/aromatic N) is 2. The van der Waals surface area contributed by atoms with Crippen molar-refractivity contribution in [3.8, 4) is 11.5 Å². The molecule has 0 aliphatic carbocycles. The van der Waals surface area contributed by atoms with Crippen LogP contribution < -0.4 is 5.32 Å². The van der Waals surface area contributed by atoms with E-state index in [1.54, 1.807) is 0 Å². The van der Waals surface area contributed by atoms with Crippen LogP contribution in [0.1, 0.15) is 11.1 Å². The predicted molar refractivity (Wildman–Crippen MR) is 99.6 cm³/mol. The molecule has 5 nitrogen and oxygen atoms in total. The summed E-state index contributed by atoms with van der Waals surface area (Å²) >= 11 is 0. The average molecular weight is 333 g/mol. The van der Waals surface area contributed by atoms with Crippen LogP contribution in [0.15, 0.2) is 70.9 Å². The van der Waals surface area contributed by atoms with E-state index in [1.807, 2.05) is 62.4 Å². The van der Waals surface area contributed by atoms with Crippen LogP contribution in [-0.4, -0.2) is 10.2 Å². The Balaban J connectivity index is 1.82. The number of hydrogen-bond donors (Lipinski definition) is 3. The van der Waals surface area contributed by atoms with Crippen molar-refractivity contribution in [2.45, 2.75) is 13.8 Å². The average Bonchev–Trinajstić information content (AvgIpc) is 2.60. The fourth-order valence-electron chi connectivity index (χ4n) is 2.26. The molecule has 0 atom stereocenters. The Morgan fingerprint density at radius 3 is 1.96 bits per heavy atom. The predicted octanol–water partition coefficient (Wildman–Crippen LogP) is 5.87. The van der Waals surface area contributed by atoms with Crippen molar-refractivity contribution in [1.82, 2.24) is 0 Å². The third-order valence-corrected chi connectivity index (χ3v) is 3.73. The summed E-state index contributed by atoms with van der Waals surface area (Å²) in [5.41, 5.74) is 4.36. The summed E-state index contributed by atoms with van der Waals surface area (Å²) in [6.45, 7) is 3.99. The van der Waals surface area contributed by atoms with Gasteiger partial charge in [-0.3, -0.25) is 0 Å². The van der Waals surface area contributed by atoms with Gasteiger partial charge in [0.05, 0.1) is 11.4 Å². The van der Waals surface area contributed by atoms with Crippen molar-refractivity contribution in [3.63, 3.8) is 0 Å². The lowest BCUT2D eigenvalue weighted by atomic mass is 10.2. The normalized spacial score (nSPS) is 11.0. The lowest BCUT2D eigenvalue weighted by Crippen LogP contribution is -1.90. The topological polar surface area (TPSA) is 77.2 Å². The quantitative estimate of drug-likeness (QED) is 0.317. The molecule has 0 saturated carbocycles. The Morgan fingerprint density at radius 2 is 1.32 bits per heavy atom. The molecule has 3 aromatic carbocycles. The molecule has 0 aliphatic heterocycles. The lowest BCUT2D eigenvalue weighted by Gasteiger charge is -2.10. The van der Waals surface area contributed by atoms with E-state index in [2.05, 4.69) is 15.5 Å². The van der Waals surface area contributed by atoms with E-state index < -0.39 is 0 Å². The first-order valence-electron chi connectivity index (χ1n) is 7.89. The zero-order valence-electron chi connectivity index (χ0n) is 14.1. The van der Waals surface area contributed by atoms with Gasteiger partial charge in [-0.15, -0.1) is 5.11 Å². The minimum Gasteiger partial charge on any atom is -0.506 e. The van der Waals surface area contributed by atoms with E-state index in [0.717, 1.165) is 16.8 Å². The molecule has 0 unspecified atom stereocenters. The second-order valence-corrected chi connectivity index (χ2v) is 5.88. The Kier molecular flexibility index (Phi) is 4.66. The molecule has 0 aliphatic rings. The van der Waals surface area contributed by atoms with Crippen LogP contribution in [0.25, 0.3) is 0 Å². The van der Waals surface area contributed by atoms with E-state index >= 15 is 0 Å². The molecule has 0 amide bonds. The number of rotatable bonds is 4. The van der Waals surface area contributed by atoms with Crippen molar-refractivity contribution in [2.75, 3.05) is 5.32 Å². The van der Waals surface area contributed by atoms with E-state index in [9.17, 15) is 10.2 Å². The molecule has 0 aromatic heterocycles. The van der Waals surface area contributed by atoms with Crippen molar-refractivity contribution >= 4 is 22.7 Å². The molecule has 0 radical (unpaired) electrons. The Morgan fingerprint density at radius 1 is 0.720 bits per heavy atom. The summed E-state index contributed by atoms with van der Waals surface area (Å²) in [4.78, 5) is 0. The van der Waals surface area contributed by atoms with Crippen LogP contribution >= 0.6 is 0 Å². The molecule has 0 saturated heterocycles. The molecule has 0 spiro atoms. The van der Waals surface area contributed by atoms with Crippen molar-refractivity contribution < 1.29 is 10.2 Å². The van der Waals surface area contributed by atoms with Gasteiger partial charge in [0.1, 0.15) is 17.2 Å². The van der Waals surface area contributed by atoms with Crippen molar-refractivity contribution in [2.24, 2.45) is 10.2 Å². The number of azo groups is 1. The van der Waals surface area contributed by atoms with Gasteiger partial charge in [0.15, 0.2) is 0 Å². The highest BCUT2D eigenvalue weighted by Crippen LogP contribution is 2.38. The van der Waals surface area contributed by atoms with Crippen LogP contribution in [0.5, 0.6) is 11.5 Å². The minimum absolute atomic E-state index is 0.0174. The number of phenolic OH excluding ortho intramolecular Hbond substituents is 2.